The number of hydrogen-bond donors (Lipinski definition) is 1. The number of carbonyl (C=O) groups is 2. The molecule has 1 aliphatic heterocycles. The number of aliphatic hydroxyl groups is 1. The summed E-state index contributed by atoms with van der Waals surface area (Å²) in [7, 11) is 0. The monoisotopic (exact) mass is 364 g/mol. The summed E-state index contributed by atoms with van der Waals surface area (Å²) in [4.78, 5) is 36.7. The number of hydrogen-bond acceptors (Lipinski definition) is 5. The van der Waals surface area contributed by atoms with E-state index >= 15 is 0 Å². The van der Waals surface area contributed by atoms with Crippen molar-refractivity contribution < 1.29 is 19.6 Å². The first-order chi connectivity index (χ1) is 13.0. The molecule has 2 aromatic rings. The summed E-state index contributed by atoms with van der Waals surface area (Å²) in [6, 6.07) is 13.1. The Morgan fingerprint density at radius 3 is 2.33 bits per heavy atom. The van der Waals surface area contributed by atoms with E-state index in [-0.39, 0.29) is 23.6 Å². The molecule has 1 atom stereocenters. The molecule has 3 rings (SSSR count). The summed E-state index contributed by atoms with van der Waals surface area (Å²) in [6.45, 7) is 3.70. The van der Waals surface area contributed by atoms with Crippen LogP contribution in [0.1, 0.15) is 17.2 Å². The second-order valence-corrected chi connectivity index (χ2v) is 5.95. The van der Waals surface area contributed by atoms with Crippen LogP contribution in [-0.4, -0.2) is 33.2 Å². The molecule has 0 bridgehead atoms. The van der Waals surface area contributed by atoms with Gasteiger partial charge in [-0.3, -0.25) is 19.7 Å². The Hall–Kier alpha value is -3.74. The predicted octanol–water partition coefficient (Wildman–Crippen LogP) is 3.20. The van der Waals surface area contributed by atoms with Gasteiger partial charge in [0.05, 0.1) is 16.5 Å². The van der Waals surface area contributed by atoms with Gasteiger partial charge in [-0.15, -0.1) is 6.58 Å². The van der Waals surface area contributed by atoms with Crippen LogP contribution in [-0.2, 0) is 9.59 Å². The van der Waals surface area contributed by atoms with Crippen LogP contribution in [0.2, 0.25) is 0 Å². The second kappa shape index (κ2) is 7.25. The fourth-order valence-corrected chi connectivity index (χ4v) is 3.08. The number of amides is 1. The number of ketones is 1. The highest BCUT2D eigenvalue weighted by atomic mass is 16.6. The number of Topliss-reactive ketones (excluding diaryl/α,β-unsaturated/α-hetero) is 1. The Morgan fingerprint density at radius 1 is 1.15 bits per heavy atom. The summed E-state index contributed by atoms with van der Waals surface area (Å²) in [5.41, 5.74) is 0.726. The van der Waals surface area contributed by atoms with E-state index in [2.05, 4.69) is 6.58 Å². The highest BCUT2D eigenvalue weighted by Gasteiger charge is 2.45. The summed E-state index contributed by atoms with van der Waals surface area (Å²) < 4.78 is 0. The molecule has 7 heteroatoms. The standard InChI is InChI=1S/C20H16N2O5/c1-2-12-21-17(13-8-10-15(11-9-13)22(26)27)16(19(24)20(21)25)18(23)14-6-4-3-5-7-14/h2-11,17,23H,1,12H2/b18-16+/t17-/m0/s1. The van der Waals surface area contributed by atoms with E-state index in [1.165, 1.54) is 35.2 Å². The largest absolute Gasteiger partial charge is 0.507 e. The van der Waals surface area contributed by atoms with Crippen LogP contribution in [0, 0.1) is 10.1 Å². The number of benzene rings is 2. The minimum absolute atomic E-state index is 0.0538. The molecule has 1 fully saturated rings. The predicted molar refractivity (Wildman–Crippen MR) is 98.7 cm³/mol. The molecule has 1 aliphatic rings. The number of non-ortho nitro benzene ring substituents is 1. The lowest BCUT2D eigenvalue weighted by Crippen LogP contribution is -2.29. The van der Waals surface area contributed by atoms with Gasteiger partial charge < -0.3 is 10.0 Å². The van der Waals surface area contributed by atoms with Gasteiger partial charge in [0.25, 0.3) is 17.4 Å². The SMILES string of the molecule is C=CCN1C(=O)C(=O)/C(=C(/O)c2ccccc2)[C@@H]1c1ccc([N+](=O)[O-])cc1. The van der Waals surface area contributed by atoms with E-state index < -0.39 is 22.7 Å². The molecule has 2 aromatic carbocycles. The number of nitrogens with zero attached hydrogens (tertiary/aromatic N) is 2. The fraction of sp³-hybridized carbons (Fsp3) is 0.100. The Labute approximate surface area is 155 Å². The van der Waals surface area contributed by atoms with Crippen LogP contribution in [0.5, 0.6) is 0 Å². The third-order valence-electron chi connectivity index (χ3n) is 4.33. The summed E-state index contributed by atoms with van der Waals surface area (Å²) in [5.74, 6) is -1.85. The number of rotatable bonds is 5. The van der Waals surface area contributed by atoms with Crippen molar-refractivity contribution in [3.8, 4) is 0 Å². The second-order valence-electron chi connectivity index (χ2n) is 5.95. The number of nitro benzene ring substituents is 1. The zero-order valence-electron chi connectivity index (χ0n) is 14.2. The van der Waals surface area contributed by atoms with Gasteiger partial charge >= 0.3 is 0 Å². The molecule has 0 unspecified atom stereocenters. The first-order valence-electron chi connectivity index (χ1n) is 8.14. The highest BCUT2D eigenvalue weighted by Crippen LogP contribution is 2.39. The lowest BCUT2D eigenvalue weighted by Gasteiger charge is -2.24. The van der Waals surface area contributed by atoms with Crippen molar-refractivity contribution in [2.45, 2.75) is 6.04 Å². The van der Waals surface area contributed by atoms with E-state index in [1.54, 1.807) is 30.3 Å². The zero-order valence-corrected chi connectivity index (χ0v) is 14.2. The molecule has 136 valence electrons. The summed E-state index contributed by atoms with van der Waals surface area (Å²) >= 11 is 0. The zero-order chi connectivity index (χ0) is 19.6. The van der Waals surface area contributed by atoms with Gasteiger partial charge in [0.2, 0.25) is 0 Å². The normalized spacial score (nSPS) is 18.5. The number of carbonyl (C=O) groups excluding carboxylic acids is 2. The maximum absolute atomic E-state index is 12.6. The smallest absolute Gasteiger partial charge is 0.295 e. The molecule has 0 saturated carbocycles. The molecule has 1 N–H and O–H groups in total. The average Bonchev–Trinajstić information content (AvgIpc) is 2.93. The molecule has 0 aromatic heterocycles. The van der Waals surface area contributed by atoms with Crippen molar-refractivity contribution >= 4 is 23.1 Å². The first kappa shape index (κ1) is 18.1. The van der Waals surface area contributed by atoms with Crippen LogP contribution in [0.4, 0.5) is 5.69 Å². The average molecular weight is 364 g/mol. The van der Waals surface area contributed by atoms with E-state index in [1.807, 2.05) is 0 Å². The Morgan fingerprint density at radius 2 is 1.78 bits per heavy atom. The first-order valence-corrected chi connectivity index (χ1v) is 8.14. The van der Waals surface area contributed by atoms with Crippen molar-refractivity contribution in [2.24, 2.45) is 0 Å². The molecule has 0 radical (unpaired) electrons. The number of likely N-dealkylation sites (tertiary alicyclic amines) is 1. The van der Waals surface area contributed by atoms with Crippen LogP contribution in [0.15, 0.2) is 72.8 Å². The molecular formula is C20H16N2O5. The maximum atomic E-state index is 12.6. The van der Waals surface area contributed by atoms with Crippen molar-refractivity contribution in [1.82, 2.24) is 4.90 Å². The molecular weight excluding hydrogens is 348 g/mol. The third kappa shape index (κ3) is 3.22. The molecule has 1 heterocycles. The molecule has 1 saturated heterocycles. The van der Waals surface area contributed by atoms with Crippen molar-refractivity contribution in [1.29, 1.82) is 0 Å². The van der Waals surface area contributed by atoms with E-state index in [0.717, 1.165) is 0 Å². The Kier molecular flexibility index (Phi) is 4.85. The molecule has 1 amide bonds. The van der Waals surface area contributed by atoms with Gasteiger partial charge in [0, 0.05) is 24.2 Å². The fourth-order valence-electron chi connectivity index (χ4n) is 3.08. The number of aliphatic hydroxyl groups excluding tert-OH is 1. The van der Waals surface area contributed by atoms with E-state index in [4.69, 9.17) is 0 Å². The Bertz CT molecular complexity index is 948. The molecule has 27 heavy (non-hydrogen) atoms. The number of nitro groups is 1. The summed E-state index contributed by atoms with van der Waals surface area (Å²) in [5, 5.41) is 21.6. The van der Waals surface area contributed by atoms with Crippen molar-refractivity contribution in [3.63, 3.8) is 0 Å². The van der Waals surface area contributed by atoms with Gasteiger partial charge in [0.15, 0.2) is 0 Å². The molecule has 0 aliphatic carbocycles. The lowest BCUT2D eigenvalue weighted by molar-refractivity contribution is -0.384. The van der Waals surface area contributed by atoms with Gasteiger partial charge in [-0.05, 0) is 17.7 Å². The van der Waals surface area contributed by atoms with Gasteiger partial charge in [-0.1, -0.05) is 36.4 Å². The van der Waals surface area contributed by atoms with Gasteiger partial charge in [0.1, 0.15) is 5.76 Å². The van der Waals surface area contributed by atoms with Crippen molar-refractivity contribution in [3.05, 3.63) is 94.1 Å². The molecule has 0 spiro atoms. The maximum Gasteiger partial charge on any atom is 0.295 e. The quantitative estimate of drug-likeness (QED) is 0.219. The molecule has 7 nitrogen and oxygen atoms in total. The van der Waals surface area contributed by atoms with Crippen LogP contribution in [0.25, 0.3) is 5.76 Å². The topological polar surface area (TPSA) is 101 Å². The minimum Gasteiger partial charge on any atom is -0.507 e. The van der Waals surface area contributed by atoms with Crippen LogP contribution in [0.3, 0.4) is 0 Å². The lowest BCUT2D eigenvalue weighted by atomic mass is 9.95. The highest BCUT2D eigenvalue weighted by molar-refractivity contribution is 6.46. The third-order valence-corrected chi connectivity index (χ3v) is 4.33. The minimum atomic E-state index is -0.857. The van der Waals surface area contributed by atoms with E-state index in [9.17, 15) is 24.8 Å². The van der Waals surface area contributed by atoms with E-state index in [0.29, 0.717) is 11.1 Å². The van der Waals surface area contributed by atoms with Crippen LogP contribution < -0.4 is 0 Å². The van der Waals surface area contributed by atoms with Crippen molar-refractivity contribution in [2.75, 3.05) is 6.54 Å². The Balaban J connectivity index is 2.17. The van der Waals surface area contributed by atoms with Gasteiger partial charge in [-0.25, -0.2) is 0 Å². The van der Waals surface area contributed by atoms with Gasteiger partial charge in [-0.2, -0.15) is 0 Å². The summed E-state index contributed by atoms with van der Waals surface area (Å²) in [6.07, 6.45) is 1.48. The van der Waals surface area contributed by atoms with Crippen LogP contribution >= 0.6 is 0 Å².